The highest BCUT2D eigenvalue weighted by Gasteiger charge is 2.29. The quantitative estimate of drug-likeness (QED) is 0.741. The van der Waals surface area contributed by atoms with Crippen molar-refractivity contribution in [2.45, 2.75) is 38.3 Å². The molecule has 2 aliphatic rings. The molecule has 154 valence electrons. The van der Waals surface area contributed by atoms with E-state index in [9.17, 15) is 9.59 Å². The zero-order chi connectivity index (χ0) is 20.2. The van der Waals surface area contributed by atoms with Gasteiger partial charge in [0.15, 0.2) is 0 Å². The SMILES string of the molecule is CN1C[C@@H](NC(=O)C2CC=CC2)CC[C@@H](C(=O)NCc2nc3ccccc3s2)C1. The monoisotopic (exact) mass is 412 g/mol. The van der Waals surface area contributed by atoms with Gasteiger partial charge in [0.25, 0.3) is 0 Å². The molecule has 0 saturated carbocycles. The number of nitrogens with one attached hydrogen (secondary N) is 2. The Hall–Kier alpha value is -2.25. The number of para-hydroxylation sites is 1. The number of rotatable bonds is 5. The minimum atomic E-state index is -0.0653. The van der Waals surface area contributed by atoms with E-state index in [2.05, 4.69) is 38.7 Å². The van der Waals surface area contributed by atoms with E-state index in [1.54, 1.807) is 11.3 Å². The molecule has 1 fully saturated rings. The van der Waals surface area contributed by atoms with Gasteiger partial charge < -0.3 is 15.5 Å². The van der Waals surface area contributed by atoms with Crippen LogP contribution in [-0.2, 0) is 16.1 Å². The van der Waals surface area contributed by atoms with Crippen LogP contribution in [0.1, 0.15) is 30.7 Å². The maximum atomic E-state index is 12.8. The molecule has 0 spiro atoms. The summed E-state index contributed by atoms with van der Waals surface area (Å²) in [4.78, 5) is 31.9. The Labute approximate surface area is 175 Å². The lowest BCUT2D eigenvalue weighted by Gasteiger charge is -2.23. The number of carbonyl (C=O) groups excluding carboxylic acids is 2. The van der Waals surface area contributed by atoms with Gasteiger partial charge in [-0.05, 0) is 44.9 Å². The number of thiazole rings is 1. The van der Waals surface area contributed by atoms with E-state index in [-0.39, 0.29) is 29.7 Å². The van der Waals surface area contributed by atoms with Crippen LogP contribution >= 0.6 is 11.3 Å². The Kier molecular flexibility index (Phi) is 6.25. The molecule has 1 aliphatic carbocycles. The largest absolute Gasteiger partial charge is 0.352 e. The summed E-state index contributed by atoms with van der Waals surface area (Å²) in [7, 11) is 2.02. The molecule has 4 rings (SSSR count). The van der Waals surface area contributed by atoms with Crippen LogP contribution in [0.15, 0.2) is 36.4 Å². The van der Waals surface area contributed by atoms with Gasteiger partial charge in [-0.15, -0.1) is 11.3 Å². The standard InChI is InChI=1S/C22H28N4O2S/c1-26-13-16(10-11-17(14-26)24-22(28)15-6-2-3-7-15)21(27)23-12-20-25-18-8-4-5-9-19(18)29-20/h2-5,8-9,15-17H,6-7,10-14H2,1H3,(H,23,27)(H,24,28)/t16-,17+/m1/s1. The predicted molar refractivity (Wildman–Crippen MR) is 115 cm³/mol. The maximum Gasteiger partial charge on any atom is 0.224 e. The summed E-state index contributed by atoms with van der Waals surface area (Å²) in [5.74, 6) is 0.233. The highest BCUT2D eigenvalue weighted by Crippen LogP contribution is 2.22. The van der Waals surface area contributed by atoms with Crippen molar-refractivity contribution in [3.05, 3.63) is 41.4 Å². The molecule has 2 N–H and O–H groups in total. The Morgan fingerprint density at radius 1 is 1.10 bits per heavy atom. The highest BCUT2D eigenvalue weighted by molar-refractivity contribution is 7.18. The number of likely N-dealkylation sites (tertiary alicyclic amines) is 1. The molecule has 0 radical (unpaired) electrons. The summed E-state index contributed by atoms with van der Waals surface area (Å²) in [5.41, 5.74) is 0.979. The first-order chi connectivity index (χ1) is 14.1. The fourth-order valence-corrected chi connectivity index (χ4v) is 5.10. The zero-order valence-corrected chi connectivity index (χ0v) is 17.6. The minimum Gasteiger partial charge on any atom is -0.352 e. The number of likely N-dealkylation sites (N-methyl/N-ethyl adjacent to an activating group) is 1. The fraction of sp³-hybridized carbons (Fsp3) is 0.500. The van der Waals surface area contributed by atoms with E-state index in [0.717, 1.165) is 47.5 Å². The fourth-order valence-electron chi connectivity index (χ4n) is 4.20. The normalized spacial score (nSPS) is 23.2. The summed E-state index contributed by atoms with van der Waals surface area (Å²) in [5, 5.41) is 7.20. The van der Waals surface area contributed by atoms with E-state index in [4.69, 9.17) is 0 Å². The molecule has 1 saturated heterocycles. The highest BCUT2D eigenvalue weighted by atomic mass is 32.1. The molecule has 0 unspecified atom stereocenters. The first-order valence-electron chi connectivity index (χ1n) is 10.3. The Balaban J connectivity index is 1.29. The molecule has 2 heterocycles. The molecule has 2 amide bonds. The molecule has 6 nitrogen and oxygen atoms in total. The van der Waals surface area contributed by atoms with Gasteiger partial charge in [0.2, 0.25) is 11.8 Å². The van der Waals surface area contributed by atoms with Gasteiger partial charge in [-0.3, -0.25) is 9.59 Å². The van der Waals surface area contributed by atoms with Gasteiger partial charge in [-0.1, -0.05) is 24.3 Å². The number of aromatic nitrogens is 1. The van der Waals surface area contributed by atoms with Crippen LogP contribution in [0.2, 0.25) is 0 Å². The van der Waals surface area contributed by atoms with Crippen molar-refractivity contribution >= 4 is 33.4 Å². The smallest absolute Gasteiger partial charge is 0.224 e. The number of carbonyl (C=O) groups is 2. The van der Waals surface area contributed by atoms with E-state index in [0.29, 0.717) is 13.1 Å². The lowest BCUT2D eigenvalue weighted by molar-refractivity contribution is -0.126. The summed E-state index contributed by atoms with van der Waals surface area (Å²) >= 11 is 1.62. The van der Waals surface area contributed by atoms with E-state index in [1.165, 1.54) is 0 Å². The van der Waals surface area contributed by atoms with Gasteiger partial charge in [0.1, 0.15) is 5.01 Å². The Morgan fingerprint density at radius 3 is 2.69 bits per heavy atom. The average Bonchev–Trinajstić information content (AvgIpc) is 3.34. The molecule has 1 aliphatic heterocycles. The third-order valence-electron chi connectivity index (χ3n) is 5.78. The van der Waals surface area contributed by atoms with Crippen LogP contribution in [0.3, 0.4) is 0 Å². The minimum absolute atomic E-state index is 0.0653. The van der Waals surface area contributed by atoms with Gasteiger partial charge in [0, 0.05) is 25.0 Å². The third-order valence-corrected chi connectivity index (χ3v) is 6.81. The first-order valence-corrected chi connectivity index (χ1v) is 11.2. The number of hydrogen-bond acceptors (Lipinski definition) is 5. The van der Waals surface area contributed by atoms with Crippen molar-refractivity contribution < 1.29 is 9.59 Å². The number of fused-ring (bicyclic) bond motifs is 1. The van der Waals surface area contributed by atoms with Crippen molar-refractivity contribution in [3.63, 3.8) is 0 Å². The number of allylic oxidation sites excluding steroid dienone is 2. The molecule has 2 atom stereocenters. The second-order valence-corrected chi connectivity index (χ2v) is 9.25. The van der Waals surface area contributed by atoms with Crippen LogP contribution in [0.5, 0.6) is 0 Å². The molecule has 1 aromatic carbocycles. The van der Waals surface area contributed by atoms with Crippen LogP contribution in [0, 0.1) is 11.8 Å². The lowest BCUT2D eigenvalue weighted by atomic mass is 10.00. The molecule has 2 aromatic rings. The number of amides is 2. The van der Waals surface area contributed by atoms with Crippen molar-refractivity contribution in [1.82, 2.24) is 20.5 Å². The summed E-state index contributed by atoms with van der Waals surface area (Å²) in [6, 6.07) is 8.13. The predicted octanol–water partition coefficient (Wildman–Crippen LogP) is 2.71. The summed E-state index contributed by atoms with van der Waals surface area (Å²) < 4.78 is 1.14. The van der Waals surface area contributed by atoms with Crippen molar-refractivity contribution in [3.8, 4) is 0 Å². The van der Waals surface area contributed by atoms with E-state index in [1.807, 2.05) is 25.2 Å². The van der Waals surface area contributed by atoms with Gasteiger partial charge in [-0.2, -0.15) is 0 Å². The third kappa shape index (κ3) is 5.03. The van der Waals surface area contributed by atoms with Crippen molar-refractivity contribution in [2.24, 2.45) is 11.8 Å². The van der Waals surface area contributed by atoms with Gasteiger partial charge in [-0.25, -0.2) is 4.98 Å². The van der Waals surface area contributed by atoms with Gasteiger partial charge in [0.05, 0.1) is 22.7 Å². The molecular formula is C22H28N4O2S. The molecule has 0 bridgehead atoms. The molecule has 29 heavy (non-hydrogen) atoms. The second-order valence-electron chi connectivity index (χ2n) is 8.13. The average molecular weight is 413 g/mol. The summed E-state index contributed by atoms with van der Waals surface area (Å²) in [6.45, 7) is 1.96. The second kappa shape index (κ2) is 9.05. The molecule has 1 aromatic heterocycles. The zero-order valence-electron chi connectivity index (χ0n) is 16.8. The lowest BCUT2D eigenvalue weighted by Crippen LogP contribution is -2.43. The first kappa shape index (κ1) is 20.0. The summed E-state index contributed by atoms with van der Waals surface area (Å²) in [6.07, 6.45) is 7.44. The Morgan fingerprint density at radius 2 is 1.90 bits per heavy atom. The van der Waals surface area contributed by atoms with Crippen LogP contribution in [0.4, 0.5) is 0 Å². The maximum absolute atomic E-state index is 12.8. The van der Waals surface area contributed by atoms with E-state index < -0.39 is 0 Å². The topological polar surface area (TPSA) is 74.3 Å². The molecule has 7 heteroatoms. The van der Waals surface area contributed by atoms with Crippen molar-refractivity contribution in [1.29, 1.82) is 0 Å². The number of hydrogen-bond donors (Lipinski definition) is 2. The Bertz CT molecular complexity index is 868. The van der Waals surface area contributed by atoms with Crippen LogP contribution < -0.4 is 10.6 Å². The molecular weight excluding hydrogens is 384 g/mol. The van der Waals surface area contributed by atoms with Crippen LogP contribution in [-0.4, -0.2) is 47.9 Å². The van der Waals surface area contributed by atoms with Crippen LogP contribution in [0.25, 0.3) is 10.2 Å². The van der Waals surface area contributed by atoms with Crippen molar-refractivity contribution in [2.75, 3.05) is 20.1 Å². The number of nitrogens with zero attached hydrogens (tertiary/aromatic N) is 2. The number of benzene rings is 1. The van der Waals surface area contributed by atoms with E-state index >= 15 is 0 Å². The van der Waals surface area contributed by atoms with Gasteiger partial charge >= 0.3 is 0 Å².